The van der Waals surface area contributed by atoms with Gasteiger partial charge in [0.05, 0.1) is 17.6 Å². The summed E-state index contributed by atoms with van der Waals surface area (Å²) in [6, 6.07) is 5.59. The maximum absolute atomic E-state index is 13.7. The van der Waals surface area contributed by atoms with Gasteiger partial charge < -0.3 is 25.5 Å². The number of carbonyl (C=O) groups excluding carboxylic acids is 1. The average Bonchev–Trinajstić information content (AvgIpc) is 3.67. The number of benzene rings is 1. The molecule has 0 unspecified atom stereocenters. The van der Waals surface area contributed by atoms with E-state index in [4.69, 9.17) is 5.73 Å². The third kappa shape index (κ3) is 6.11. The quantitative estimate of drug-likeness (QED) is 0.218. The molecule has 1 saturated carbocycles. The molecule has 0 radical (unpaired) electrons. The Bertz CT molecular complexity index is 1490. The number of nitrogens with two attached hydrogens (primary N) is 1. The van der Waals surface area contributed by atoms with Crippen LogP contribution in [0.3, 0.4) is 0 Å². The summed E-state index contributed by atoms with van der Waals surface area (Å²) in [5.41, 5.74) is 7.02. The number of nitrogens with zero attached hydrogens (tertiary/aromatic N) is 5. The molecular weight excluding hydrogens is 521 g/mol. The summed E-state index contributed by atoms with van der Waals surface area (Å²) < 4.78 is 44.7. The fourth-order valence-electron chi connectivity index (χ4n) is 5.20. The SMILES string of the molecule is Cc1cn(-c2cc(Nc3ncc4cc(C(=O)NCCCCCN)n(C5CCCC5)c4n3)cc(C(F)(F)F)c2)cn1. The van der Waals surface area contributed by atoms with Crippen molar-refractivity contribution in [1.29, 1.82) is 0 Å². The third-order valence-electron chi connectivity index (χ3n) is 7.18. The Morgan fingerprint density at radius 3 is 2.60 bits per heavy atom. The Balaban J connectivity index is 1.47. The number of hydrogen-bond donors (Lipinski definition) is 3. The van der Waals surface area contributed by atoms with Gasteiger partial charge in [-0.2, -0.15) is 18.2 Å². The molecule has 1 amide bonds. The molecule has 0 aliphatic heterocycles. The Hall–Kier alpha value is -3.93. The van der Waals surface area contributed by atoms with Gasteiger partial charge in [-0.05, 0) is 63.4 Å². The van der Waals surface area contributed by atoms with E-state index in [0.717, 1.165) is 57.1 Å². The van der Waals surface area contributed by atoms with Gasteiger partial charge in [0.2, 0.25) is 5.95 Å². The Morgan fingerprint density at radius 2 is 1.90 bits per heavy atom. The van der Waals surface area contributed by atoms with Crippen molar-refractivity contribution >= 4 is 28.6 Å². The normalized spacial score (nSPS) is 14.2. The number of hydrogen-bond acceptors (Lipinski definition) is 6. The number of unbranched alkanes of at least 4 members (excludes halogenated alkanes) is 2. The van der Waals surface area contributed by atoms with E-state index in [9.17, 15) is 18.0 Å². The zero-order valence-corrected chi connectivity index (χ0v) is 22.3. The number of nitrogens with one attached hydrogen (secondary N) is 2. The standard InChI is InChI=1S/C28H33F3N8O/c1-18-16-38(17-35-18)23-13-20(28(29,30)31)12-21(14-23)36-27-34-15-19-11-24(26(40)33-10-6-2-5-9-32)39(25(19)37-27)22-7-3-4-8-22/h11-17,22H,2-10,32H2,1H3,(H,33,40)(H,34,36,37). The topological polar surface area (TPSA) is 116 Å². The number of anilines is 2. The second-order valence-corrected chi connectivity index (χ2v) is 10.2. The van der Waals surface area contributed by atoms with Crippen LogP contribution in [0.2, 0.25) is 0 Å². The fourth-order valence-corrected chi connectivity index (χ4v) is 5.20. The second-order valence-electron chi connectivity index (χ2n) is 10.2. The highest BCUT2D eigenvalue weighted by atomic mass is 19.4. The molecular formula is C28H33F3N8O. The van der Waals surface area contributed by atoms with Crippen LogP contribution in [0.25, 0.3) is 16.7 Å². The van der Waals surface area contributed by atoms with Crippen LogP contribution < -0.4 is 16.4 Å². The molecule has 4 N–H and O–H groups in total. The van der Waals surface area contributed by atoms with Crippen molar-refractivity contribution in [3.8, 4) is 5.69 Å². The number of fused-ring (bicyclic) bond motifs is 1. The van der Waals surface area contributed by atoms with E-state index in [1.807, 2.05) is 4.57 Å². The van der Waals surface area contributed by atoms with Crippen molar-refractivity contribution in [3.05, 3.63) is 59.9 Å². The molecule has 1 aromatic carbocycles. The highest BCUT2D eigenvalue weighted by molar-refractivity contribution is 5.98. The van der Waals surface area contributed by atoms with Gasteiger partial charge in [0.15, 0.2) is 0 Å². The number of rotatable bonds is 10. The van der Waals surface area contributed by atoms with Gasteiger partial charge in [-0.1, -0.05) is 19.3 Å². The number of amides is 1. The minimum atomic E-state index is -4.55. The first-order valence-electron chi connectivity index (χ1n) is 13.6. The molecule has 0 bridgehead atoms. The Kier molecular flexibility index (Phi) is 8.06. The van der Waals surface area contributed by atoms with Crippen LogP contribution in [0.15, 0.2) is 43.0 Å². The van der Waals surface area contributed by atoms with Crippen LogP contribution in [0.1, 0.15) is 72.7 Å². The maximum atomic E-state index is 13.7. The van der Waals surface area contributed by atoms with Gasteiger partial charge in [-0.25, -0.2) is 9.97 Å². The molecule has 1 fully saturated rings. The van der Waals surface area contributed by atoms with Crippen molar-refractivity contribution in [3.63, 3.8) is 0 Å². The van der Waals surface area contributed by atoms with Gasteiger partial charge in [-0.15, -0.1) is 0 Å². The molecule has 0 saturated heterocycles. The third-order valence-corrected chi connectivity index (χ3v) is 7.18. The van der Waals surface area contributed by atoms with Crippen LogP contribution in [-0.4, -0.2) is 43.1 Å². The van der Waals surface area contributed by atoms with Crippen molar-refractivity contribution in [1.82, 2.24) is 29.4 Å². The summed E-state index contributed by atoms with van der Waals surface area (Å²) in [5.74, 6) is -0.0315. The number of halogens is 3. The van der Waals surface area contributed by atoms with Crippen LogP contribution in [0, 0.1) is 6.92 Å². The van der Waals surface area contributed by atoms with E-state index in [-0.39, 0.29) is 23.6 Å². The maximum Gasteiger partial charge on any atom is 0.416 e. The fraction of sp³-hybridized carbons (Fsp3) is 0.429. The molecule has 3 heterocycles. The molecule has 1 aliphatic rings. The molecule has 40 heavy (non-hydrogen) atoms. The lowest BCUT2D eigenvalue weighted by molar-refractivity contribution is -0.137. The summed E-state index contributed by atoms with van der Waals surface area (Å²) in [6.07, 6.45) is 6.85. The lowest BCUT2D eigenvalue weighted by atomic mass is 10.1. The van der Waals surface area contributed by atoms with Crippen molar-refractivity contribution in [2.75, 3.05) is 18.4 Å². The predicted octanol–water partition coefficient (Wildman–Crippen LogP) is 5.66. The van der Waals surface area contributed by atoms with Gasteiger partial charge in [0.1, 0.15) is 11.3 Å². The van der Waals surface area contributed by atoms with E-state index in [1.165, 1.54) is 10.9 Å². The smallest absolute Gasteiger partial charge is 0.351 e. The first-order chi connectivity index (χ1) is 19.2. The second kappa shape index (κ2) is 11.7. The molecule has 4 aromatic rings. The number of alkyl halides is 3. The van der Waals surface area contributed by atoms with Gasteiger partial charge in [-0.3, -0.25) is 4.79 Å². The molecule has 1 aliphatic carbocycles. The minimum absolute atomic E-state index is 0.114. The molecule has 212 valence electrons. The van der Waals surface area contributed by atoms with Gasteiger partial charge in [0.25, 0.3) is 5.91 Å². The molecule has 0 spiro atoms. The van der Waals surface area contributed by atoms with E-state index < -0.39 is 11.7 Å². The van der Waals surface area contributed by atoms with Gasteiger partial charge >= 0.3 is 6.18 Å². The largest absolute Gasteiger partial charge is 0.416 e. The van der Waals surface area contributed by atoms with Crippen LogP contribution in [0.5, 0.6) is 0 Å². The summed E-state index contributed by atoms with van der Waals surface area (Å²) in [7, 11) is 0. The Labute approximate surface area is 230 Å². The lowest BCUT2D eigenvalue weighted by Crippen LogP contribution is -2.27. The summed E-state index contributed by atoms with van der Waals surface area (Å²) in [6.45, 7) is 2.95. The van der Waals surface area contributed by atoms with Crippen LogP contribution in [0.4, 0.5) is 24.8 Å². The van der Waals surface area contributed by atoms with Crippen LogP contribution >= 0.6 is 0 Å². The predicted molar refractivity (Wildman–Crippen MR) is 147 cm³/mol. The van der Waals surface area contributed by atoms with E-state index >= 15 is 0 Å². The van der Waals surface area contributed by atoms with Crippen molar-refractivity contribution in [2.45, 2.75) is 64.1 Å². The van der Waals surface area contributed by atoms with Crippen molar-refractivity contribution in [2.24, 2.45) is 5.73 Å². The van der Waals surface area contributed by atoms with Crippen molar-refractivity contribution < 1.29 is 18.0 Å². The first-order valence-corrected chi connectivity index (χ1v) is 13.6. The number of aryl methyl sites for hydroxylation is 1. The Morgan fingerprint density at radius 1 is 1.10 bits per heavy atom. The highest BCUT2D eigenvalue weighted by Gasteiger charge is 2.32. The number of imidazole rings is 1. The number of aromatic nitrogens is 5. The average molecular weight is 555 g/mol. The van der Waals surface area contributed by atoms with Gasteiger partial charge in [0, 0.05) is 41.7 Å². The summed E-state index contributed by atoms with van der Waals surface area (Å²) in [5, 5.41) is 6.66. The number of carbonyl (C=O) groups is 1. The molecule has 5 rings (SSSR count). The minimum Gasteiger partial charge on any atom is -0.351 e. The molecule has 3 aromatic heterocycles. The molecule has 0 atom stereocenters. The summed E-state index contributed by atoms with van der Waals surface area (Å²) in [4.78, 5) is 26.3. The van der Waals surface area contributed by atoms with E-state index in [2.05, 4.69) is 25.6 Å². The highest BCUT2D eigenvalue weighted by Crippen LogP contribution is 2.36. The zero-order chi connectivity index (χ0) is 28.3. The van der Waals surface area contributed by atoms with Crippen LogP contribution in [-0.2, 0) is 6.18 Å². The summed E-state index contributed by atoms with van der Waals surface area (Å²) >= 11 is 0. The first kappa shape index (κ1) is 27.6. The molecule has 9 nitrogen and oxygen atoms in total. The monoisotopic (exact) mass is 554 g/mol. The van der Waals surface area contributed by atoms with E-state index in [1.54, 1.807) is 31.5 Å². The molecule has 12 heteroatoms. The lowest BCUT2D eigenvalue weighted by Gasteiger charge is -2.17. The van der Waals surface area contributed by atoms with E-state index in [0.29, 0.717) is 41.2 Å². The zero-order valence-electron chi connectivity index (χ0n) is 22.3.